The molecule has 2 aliphatic heterocycles. The van der Waals surface area contributed by atoms with Crippen LogP contribution in [0.2, 0.25) is 5.02 Å². The molecule has 0 bridgehead atoms. The number of aromatic nitrogens is 2. The number of nitrogens with zero attached hydrogens (tertiary/aromatic N) is 2. The zero-order valence-corrected chi connectivity index (χ0v) is 21.0. The molecule has 1 saturated carbocycles. The van der Waals surface area contributed by atoms with Crippen LogP contribution in [0.3, 0.4) is 0 Å². The van der Waals surface area contributed by atoms with E-state index in [0.717, 1.165) is 12.8 Å². The molecule has 12 heteroatoms. The van der Waals surface area contributed by atoms with E-state index in [1.165, 1.54) is 33.7 Å². The van der Waals surface area contributed by atoms with E-state index in [4.69, 9.17) is 22.1 Å². The first-order valence-corrected chi connectivity index (χ1v) is 12.9. The van der Waals surface area contributed by atoms with Gasteiger partial charge in [-0.3, -0.25) is 19.5 Å². The van der Waals surface area contributed by atoms with Crippen molar-refractivity contribution in [1.82, 2.24) is 14.5 Å². The van der Waals surface area contributed by atoms with Crippen LogP contribution in [-0.4, -0.2) is 45.4 Å². The molecule has 4 N–H and O–H groups in total. The van der Waals surface area contributed by atoms with Crippen molar-refractivity contribution in [3.05, 3.63) is 62.8 Å². The maximum atomic E-state index is 15.3. The van der Waals surface area contributed by atoms with E-state index in [9.17, 15) is 19.2 Å². The minimum Gasteiger partial charge on any atom is -0.436 e. The van der Waals surface area contributed by atoms with Gasteiger partial charge in [-0.2, -0.15) is 0 Å². The number of imidazole rings is 1. The van der Waals surface area contributed by atoms with E-state index >= 15 is 4.39 Å². The summed E-state index contributed by atoms with van der Waals surface area (Å²) in [4.78, 5) is 55.8. The molecular weight excluding hydrogens is 517 g/mol. The second kappa shape index (κ2) is 8.87. The molecule has 3 aliphatic rings. The largest absolute Gasteiger partial charge is 0.436 e. The number of hydrogen-bond acceptors (Lipinski definition) is 5. The number of anilines is 1. The number of likely N-dealkylation sites (tertiary alicyclic amines) is 1. The van der Waals surface area contributed by atoms with Gasteiger partial charge in [0.15, 0.2) is 11.4 Å². The number of carbonyl (C=O) groups is 3. The zero-order chi connectivity index (χ0) is 26.8. The number of piperidine rings is 1. The first-order chi connectivity index (χ1) is 18.2. The molecule has 1 spiro atoms. The van der Waals surface area contributed by atoms with Gasteiger partial charge in [-0.05, 0) is 55.5 Å². The van der Waals surface area contributed by atoms with Crippen molar-refractivity contribution in [2.75, 3.05) is 18.4 Å². The fourth-order valence-corrected chi connectivity index (χ4v) is 5.90. The fraction of sp³-hybridized carbons (Fsp3) is 0.385. The summed E-state index contributed by atoms with van der Waals surface area (Å²) < 4.78 is 22.4. The Labute approximate surface area is 220 Å². The molecule has 1 aromatic heterocycles. The number of benzene rings is 2. The minimum atomic E-state index is -1.42. The Morgan fingerprint density at radius 2 is 2.03 bits per heavy atom. The number of H-pyrrole nitrogens is 1. The third-order valence-corrected chi connectivity index (χ3v) is 7.99. The highest BCUT2D eigenvalue weighted by atomic mass is 35.5. The number of halogens is 2. The number of amides is 3. The summed E-state index contributed by atoms with van der Waals surface area (Å²) in [7, 11) is 0. The number of nitrogens with one attached hydrogen (secondary N) is 2. The summed E-state index contributed by atoms with van der Waals surface area (Å²) in [6.45, 7) is 0.252. The Morgan fingerprint density at radius 3 is 2.76 bits per heavy atom. The maximum absolute atomic E-state index is 15.3. The summed E-state index contributed by atoms with van der Waals surface area (Å²) in [6, 6.07) is 6.60. The van der Waals surface area contributed by atoms with Gasteiger partial charge < -0.3 is 20.4 Å². The maximum Gasteiger partial charge on any atom is 0.412 e. The molecule has 0 radical (unpaired) electrons. The molecule has 10 nitrogen and oxygen atoms in total. The summed E-state index contributed by atoms with van der Waals surface area (Å²) in [5.74, 6) is -1.43. The normalized spacial score (nSPS) is 21.6. The van der Waals surface area contributed by atoms with Crippen molar-refractivity contribution in [2.45, 2.75) is 43.7 Å². The van der Waals surface area contributed by atoms with E-state index < -0.39 is 35.2 Å². The lowest BCUT2D eigenvalue weighted by Gasteiger charge is -2.45. The molecule has 1 aliphatic carbocycles. The monoisotopic (exact) mass is 541 g/mol. The second-order valence-corrected chi connectivity index (χ2v) is 10.7. The van der Waals surface area contributed by atoms with E-state index in [0.29, 0.717) is 36.8 Å². The Kier molecular flexibility index (Phi) is 5.71. The number of aromatic amines is 1. The minimum absolute atomic E-state index is 0.0890. The third-order valence-electron chi connectivity index (χ3n) is 7.69. The van der Waals surface area contributed by atoms with Gasteiger partial charge in [0.2, 0.25) is 11.8 Å². The molecule has 2 aromatic carbocycles. The lowest BCUT2D eigenvalue weighted by Crippen LogP contribution is -2.55. The number of nitrogens with two attached hydrogens (primary N) is 1. The number of rotatable bonds is 5. The van der Waals surface area contributed by atoms with Crippen molar-refractivity contribution < 1.29 is 23.5 Å². The molecule has 2 fully saturated rings. The summed E-state index contributed by atoms with van der Waals surface area (Å²) in [6.07, 6.45) is 2.31. The molecule has 1 saturated heterocycles. The van der Waals surface area contributed by atoms with Crippen LogP contribution < -0.4 is 16.7 Å². The Balaban J connectivity index is 1.41. The molecule has 3 amide bonds. The number of primary amides is 1. The van der Waals surface area contributed by atoms with Gasteiger partial charge in [-0.1, -0.05) is 24.4 Å². The lowest BCUT2D eigenvalue weighted by atomic mass is 9.82. The molecule has 6 rings (SSSR count). The van der Waals surface area contributed by atoms with Crippen molar-refractivity contribution >= 4 is 46.2 Å². The van der Waals surface area contributed by atoms with Gasteiger partial charge in [-0.15, -0.1) is 0 Å². The van der Waals surface area contributed by atoms with Gasteiger partial charge in [-0.25, -0.2) is 14.0 Å². The van der Waals surface area contributed by atoms with Crippen molar-refractivity contribution in [3.63, 3.8) is 0 Å². The summed E-state index contributed by atoms with van der Waals surface area (Å²) >= 11 is 6.08. The number of hydrogen-bond donors (Lipinski definition) is 3. The van der Waals surface area contributed by atoms with Gasteiger partial charge in [0.1, 0.15) is 6.04 Å². The standard InChI is InChI=1S/C26H25ClFN5O5/c27-15-5-7-17-20(21(15)28)26(38-25(37)31-17)8-1-9-32(12-26)23(35)19(10-13-2-3-13)33-18-11-14(22(29)34)4-6-16(18)30-24(33)36/h4-7,11,13,19H,1-3,8-10,12H2,(H2,29,34)(H,30,36)(H,31,37)/t19-,26-/m0/s1. The average molecular weight is 542 g/mol. The van der Waals surface area contributed by atoms with Crippen molar-refractivity contribution in [3.8, 4) is 0 Å². The molecule has 38 heavy (non-hydrogen) atoms. The fourth-order valence-electron chi connectivity index (χ4n) is 5.74. The third kappa shape index (κ3) is 4.01. The second-order valence-electron chi connectivity index (χ2n) is 10.2. The Bertz CT molecular complexity index is 1560. The Hall–Kier alpha value is -3.86. The van der Waals surface area contributed by atoms with Crippen LogP contribution in [0.5, 0.6) is 0 Å². The predicted octanol–water partition coefficient (Wildman–Crippen LogP) is 3.64. The van der Waals surface area contributed by atoms with Gasteiger partial charge in [0, 0.05) is 12.1 Å². The van der Waals surface area contributed by atoms with Crippen LogP contribution in [0.4, 0.5) is 14.9 Å². The predicted molar refractivity (Wildman–Crippen MR) is 136 cm³/mol. The smallest absolute Gasteiger partial charge is 0.412 e. The zero-order valence-electron chi connectivity index (χ0n) is 20.3. The van der Waals surface area contributed by atoms with Gasteiger partial charge in [0.05, 0.1) is 33.9 Å². The van der Waals surface area contributed by atoms with E-state index in [1.807, 2.05) is 0 Å². The van der Waals surface area contributed by atoms with Crippen LogP contribution in [0.25, 0.3) is 11.0 Å². The van der Waals surface area contributed by atoms with Gasteiger partial charge in [0.25, 0.3) is 0 Å². The van der Waals surface area contributed by atoms with E-state index in [2.05, 4.69) is 10.3 Å². The van der Waals surface area contributed by atoms with Crippen LogP contribution >= 0.6 is 11.6 Å². The van der Waals surface area contributed by atoms with Crippen LogP contribution in [0, 0.1) is 11.7 Å². The molecule has 3 heterocycles. The first kappa shape index (κ1) is 24.5. The molecule has 0 unspecified atom stereocenters. The molecule has 198 valence electrons. The van der Waals surface area contributed by atoms with E-state index in [1.54, 1.807) is 6.07 Å². The lowest BCUT2D eigenvalue weighted by molar-refractivity contribution is -0.143. The molecular formula is C26H25ClFN5O5. The SMILES string of the molecule is NC(=O)c1ccc2[nH]c(=O)n([C@@H](CC3CC3)C(=O)N3CCC[C@@]4(C3)OC(=O)Nc3ccc(Cl)c(F)c34)c2c1. The number of ether oxygens (including phenoxy) is 1. The van der Waals surface area contributed by atoms with Crippen molar-refractivity contribution in [1.29, 1.82) is 0 Å². The van der Waals surface area contributed by atoms with Gasteiger partial charge >= 0.3 is 11.8 Å². The topological polar surface area (TPSA) is 140 Å². The van der Waals surface area contributed by atoms with Crippen LogP contribution in [0.15, 0.2) is 35.1 Å². The van der Waals surface area contributed by atoms with E-state index in [-0.39, 0.29) is 40.2 Å². The highest BCUT2D eigenvalue weighted by molar-refractivity contribution is 6.31. The average Bonchev–Trinajstić information content (AvgIpc) is 3.64. The van der Waals surface area contributed by atoms with Crippen LogP contribution in [-0.2, 0) is 15.1 Å². The number of carbonyl (C=O) groups excluding carboxylic acids is 3. The van der Waals surface area contributed by atoms with Crippen molar-refractivity contribution in [2.24, 2.45) is 11.7 Å². The Morgan fingerprint density at radius 1 is 1.24 bits per heavy atom. The number of fused-ring (bicyclic) bond motifs is 3. The summed E-state index contributed by atoms with van der Waals surface area (Å²) in [5, 5.41) is 2.40. The summed E-state index contributed by atoms with van der Waals surface area (Å²) in [5.41, 5.74) is 5.00. The molecule has 2 atom stereocenters. The first-order valence-electron chi connectivity index (χ1n) is 12.5. The molecule has 3 aromatic rings. The highest BCUT2D eigenvalue weighted by Gasteiger charge is 2.49. The highest BCUT2D eigenvalue weighted by Crippen LogP contribution is 2.46. The quantitative estimate of drug-likeness (QED) is 0.452. The van der Waals surface area contributed by atoms with Crippen LogP contribution in [0.1, 0.15) is 54.1 Å².